The van der Waals surface area contributed by atoms with E-state index in [-0.39, 0.29) is 0 Å². The standard InChI is InChI=1S/C9H15I/c10-9-5-1-2-8(3-6-9)4-7-9/h8H,1-7H2. The molecule has 0 unspecified atom stereocenters. The van der Waals surface area contributed by atoms with Gasteiger partial charge in [0.1, 0.15) is 0 Å². The molecule has 0 heterocycles. The van der Waals surface area contributed by atoms with E-state index in [4.69, 9.17) is 0 Å². The van der Waals surface area contributed by atoms with Crippen molar-refractivity contribution in [1.82, 2.24) is 0 Å². The van der Waals surface area contributed by atoms with Crippen LogP contribution >= 0.6 is 22.6 Å². The molecule has 58 valence electrons. The third-order valence-electron chi connectivity index (χ3n) is 3.24. The highest BCUT2D eigenvalue weighted by atomic mass is 127. The van der Waals surface area contributed by atoms with Crippen molar-refractivity contribution in [1.29, 1.82) is 0 Å². The maximum absolute atomic E-state index is 2.72. The summed E-state index contributed by atoms with van der Waals surface area (Å²) in [5.41, 5.74) is 0. The molecule has 3 rings (SSSR count). The average Bonchev–Trinajstić information content (AvgIpc) is 2.19. The lowest BCUT2D eigenvalue weighted by atomic mass is 9.84. The number of halogens is 1. The van der Waals surface area contributed by atoms with E-state index in [9.17, 15) is 0 Å². The molecule has 1 heteroatoms. The van der Waals surface area contributed by atoms with Crippen molar-refractivity contribution in [3.63, 3.8) is 0 Å². The zero-order valence-corrected chi connectivity index (χ0v) is 8.56. The summed E-state index contributed by atoms with van der Waals surface area (Å²) in [4.78, 5) is 0. The van der Waals surface area contributed by atoms with Crippen LogP contribution < -0.4 is 0 Å². The smallest absolute Gasteiger partial charge is 0.0222 e. The first-order valence-corrected chi connectivity index (χ1v) is 5.55. The Hall–Kier alpha value is 0.730. The number of alkyl halides is 1. The van der Waals surface area contributed by atoms with Gasteiger partial charge in [-0.05, 0) is 38.0 Å². The van der Waals surface area contributed by atoms with Gasteiger partial charge in [0.05, 0.1) is 0 Å². The van der Waals surface area contributed by atoms with Gasteiger partial charge >= 0.3 is 0 Å². The molecule has 0 aromatic heterocycles. The highest BCUT2D eigenvalue weighted by Crippen LogP contribution is 2.47. The minimum atomic E-state index is 0.741. The first kappa shape index (κ1) is 7.38. The van der Waals surface area contributed by atoms with E-state index in [1.54, 1.807) is 0 Å². The second kappa shape index (κ2) is 2.65. The second-order valence-corrected chi connectivity index (χ2v) is 6.27. The van der Waals surface area contributed by atoms with Crippen LogP contribution in [0.15, 0.2) is 0 Å². The minimum Gasteiger partial charge on any atom is -0.0789 e. The summed E-state index contributed by atoms with van der Waals surface area (Å²) < 4.78 is 0.741. The summed E-state index contributed by atoms with van der Waals surface area (Å²) in [6, 6.07) is 0. The Labute approximate surface area is 76.9 Å². The number of hydrogen-bond donors (Lipinski definition) is 0. The Balaban J connectivity index is 2.11. The quantitative estimate of drug-likeness (QED) is 0.455. The molecule has 0 amide bonds. The number of rotatable bonds is 0. The van der Waals surface area contributed by atoms with Gasteiger partial charge in [0, 0.05) is 3.42 Å². The van der Waals surface area contributed by atoms with Crippen LogP contribution in [-0.4, -0.2) is 3.42 Å². The molecule has 2 bridgehead atoms. The molecule has 0 N–H and O–H groups in total. The average molecular weight is 250 g/mol. The number of hydrogen-bond acceptors (Lipinski definition) is 0. The predicted octanol–water partition coefficient (Wildman–Crippen LogP) is 3.53. The fourth-order valence-corrected chi connectivity index (χ4v) is 3.45. The molecule has 0 spiro atoms. The van der Waals surface area contributed by atoms with E-state index in [0.29, 0.717) is 0 Å². The van der Waals surface area contributed by atoms with Crippen molar-refractivity contribution in [3.8, 4) is 0 Å². The zero-order valence-electron chi connectivity index (χ0n) is 6.41. The van der Waals surface area contributed by atoms with Gasteiger partial charge in [-0.25, -0.2) is 0 Å². The molecule has 0 saturated heterocycles. The molecule has 0 aliphatic heterocycles. The highest BCUT2D eigenvalue weighted by molar-refractivity contribution is 14.1. The molecular formula is C9H15I. The van der Waals surface area contributed by atoms with Crippen molar-refractivity contribution in [2.75, 3.05) is 0 Å². The minimum absolute atomic E-state index is 0.741. The molecule has 10 heavy (non-hydrogen) atoms. The lowest BCUT2D eigenvalue weighted by Gasteiger charge is -2.31. The van der Waals surface area contributed by atoms with Crippen molar-refractivity contribution in [2.24, 2.45) is 5.92 Å². The van der Waals surface area contributed by atoms with Crippen LogP contribution in [-0.2, 0) is 0 Å². The van der Waals surface area contributed by atoms with Crippen LogP contribution in [0.5, 0.6) is 0 Å². The molecule has 3 aliphatic carbocycles. The van der Waals surface area contributed by atoms with Crippen LogP contribution in [0.2, 0.25) is 0 Å². The summed E-state index contributed by atoms with van der Waals surface area (Å²) in [5.74, 6) is 1.12. The fraction of sp³-hybridized carbons (Fsp3) is 1.00. The third-order valence-corrected chi connectivity index (χ3v) is 4.86. The Morgan fingerprint density at radius 1 is 1.00 bits per heavy atom. The van der Waals surface area contributed by atoms with Crippen LogP contribution in [0, 0.1) is 5.92 Å². The maximum atomic E-state index is 2.72. The monoisotopic (exact) mass is 250 g/mol. The normalized spacial score (nSPS) is 47.1. The Morgan fingerprint density at radius 3 is 2.40 bits per heavy atom. The molecule has 3 aliphatic rings. The van der Waals surface area contributed by atoms with Crippen molar-refractivity contribution >= 4 is 22.6 Å². The van der Waals surface area contributed by atoms with E-state index < -0.39 is 0 Å². The van der Waals surface area contributed by atoms with E-state index in [1.165, 1.54) is 44.9 Å². The Morgan fingerprint density at radius 2 is 1.70 bits per heavy atom. The van der Waals surface area contributed by atoms with Crippen LogP contribution in [0.1, 0.15) is 44.9 Å². The van der Waals surface area contributed by atoms with E-state index in [1.807, 2.05) is 0 Å². The topological polar surface area (TPSA) is 0 Å². The second-order valence-electron chi connectivity index (χ2n) is 3.99. The molecule has 3 saturated carbocycles. The summed E-state index contributed by atoms with van der Waals surface area (Å²) in [6.07, 6.45) is 10.6. The zero-order chi connectivity index (χ0) is 7.03. The van der Waals surface area contributed by atoms with Gasteiger partial charge in [0.25, 0.3) is 0 Å². The van der Waals surface area contributed by atoms with Crippen LogP contribution in [0.3, 0.4) is 0 Å². The van der Waals surface area contributed by atoms with Crippen LogP contribution in [0.4, 0.5) is 0 Å². The maximum Gasteiger partial charge on any atom is 0.0222 e. The lowest BCUT2D eigenvalue weighted by Crippen LogP contribution is -2.23. The van der Waals surface area contributed by atoms with Crippen molar-refractivity contribution < 1.29 is 0 Å². The van der Waals surface area contributed by atoms with Crippen LogP contribution in [0.25, 0.3) is 0 Å². The fourth-order valence-electron chi connectivity index (χ4n) is 2.44. The highest BCUT2D eigenvalue weighted by Gasteiger charge is 2.35. The Kier molecular flexibility index (Phi) is 1.96. The third kappa shape index (κ3) is 1.34. The molecule has 0 atom stereocenters. The molecular weight excluding hydrogens is 235 g/mol. The largest absolute Gasteiger partial charge is 0.0789 e. The molecule has 0 aromatic rings. The van der Waals surface area contributed by atoms with E-state index in [2.05, 4.69) is 22.6 Å². The first-order chi connectivity index (χ1) is 4.79. The van der Waals surface area contributed by atoms with Gasteiger partial charge in [0.15, 0.2) is 0 Å². The summed E-state index contributed by atoms with van der Waals surface area (Å²) >= 11 is 2.72. The van der Waals surface area contributed by atoms with Gasteiger partial charge in [-0.15, -0.1) is 0 Å². The molecule has 0 aromatic carbocycles. The van der Waals surface area contributed by atoms with Gasteiger partial charge in [-0.1, -0.05) is 35.4 Å². The van der Waals surface area contributed by atoms with Gasteiger partial charge in [-0.2, -0.15) is 0 Å². The van der Waals surface area contributed by atoms with Gasteiger partial charge < -0.3 is 0 Å². The lowest BCUT2D eigenvalue weighted by molar-refractivity contribution is 0.344. The summed E-state index contributed by atoms with van der Waals surface area (Å²) in [5, 5.41) is 0. The predicted molar refractivity (Wildman–Crippen MR) is 52.6 cm³/mol. The molecule has 3 fully saturated rings. The Bertz CT molecular complexity index is 117. The van der Waals surface area contributed by atoms with E-state index in [0.717, 1.165) is 9.34 Å². The van der Waals surface area contributed by atoms with E-state index >= 15 is 0 Å². The molecule has 0 radical (unpaired) electrons. The van der Waals surface area contributed by atoms with Crippen molar-refractivity contribution in [3.05, 3.63) is 0 Å². The SMILES string of the molecule is IC12CCCC(CC1)CC2. The summed E-state index contributed by atoms with van der Waals surface area (Å²) in [7, 11) is 0. The van der Waals surface area contributed by atoms with Gasteiger partial charge in [-0.3, -0.25) is 0 Å². The van der Waals surface area contributed by atoms with Gasteiger partial charge in [0.2, 0.25) is 0 Å². The molecule has 0 nitrogen and oxygen atoms in total. The first-order valence-electron chi connectivity index (χ1n) is 4.47. The van der Waals surface area contributed by atoms with Crippen molar-refractivity contribution in [2.45, 2.75) is 48.4 Å². The summed E-state index contributed by atoms with van der Waals surface area (Å²) in [6.45, 7) is 0. The number of fused-ring (bicyclic) bond motifs is 4.